The summed E-state index contributed by atoms with van der Waals surface area (Å²) in [6.45, 7) is 2.52. The Hall–Kier alpha value is -4.13. The highest BCUT2D eigenvalue weighted by Gasteiger charge is 2.29. The number of halogens is 1. The summed E-state index contributed by atoms with van der Waals surface area (Å²) in [5.74, 6) is -0.783. The van der Waals surface area contributed by atoms with E-state index in [1.165, 1.54) is 12.1 Å². The van der Waals surface area contributed by atoms with Crippen LogP contribution in [0, 0.1) is 5.82 Å². The van der Waals surface area contributed by atoms with E-state index >= 15 is 0 Å². The molecule has 1 fully saturated rings. The smallest absolute Gasteiger partial charge is 0.291 e. The van der Waals surface area contributed by atoms with Gasteiger partial charge in [-0.1, -0.05) is 42.5 Å². The molecule has 0 radical (unpaired) electrons. The lowest BCUT2D eigenvalue weighted by Crippen LogP contribution is -2.48. The van der Waals surface area contributed by atoms with Gasteiger partial charge in [-0.25, -0.2) is 4.39 Å². The van der Waals surface area contributed by atoms with Crippen LogP contribution in [0.4, 0.5) is 15.8 Å². The molecule has 172 valence electrons. The van der Waals surface area contributed by atoms with E-state index in [9.17, 15) is 14.0 Å². The van der Waals surface area contributed by atoms with Gasteiger partial charge in [0.1, 0.15) is 17.1 Å². The van der Waals surface area contributed by atoms with Gasteiger partial charge in [-0.15, -0.1) is 0 Å². The molecule has 1 aromatic heterocycles. The van der Waals surface area contributed by atoms with Crippen LogP contribution in [0.15, 0.2) is 83.3 Å². The summed E-state index contributed by atoms with van der Waals surface area (Å²) >= 11 is 0. The molecule has 6 nitrogen and oxygen atoms in total. The molecule has 5 rings (SSSR count). The van der Waals surface area contributed by atoms with Crippen LogP contribution in [0.3, 0.4) is 0 Å². The highest BCUT2D eigenvalue weighted by atomic mass is 19.1. The van der Waals surface area contributed by atoms with Gasteiger partial charge in [-0.2, -0.15) is 0 Å². The summed E-state index contributed by atoms with van der Waals surface area (Å²) in [5, 5.41) is 3.53. The number of para-hydroxylation sites is 2. The second-order valence-corrected chi connectivity index (χ2v) is 8.27. The predicted molar refractivity (Wildman–Crippen MR) is 130 cm³/mol. The first kappa shape index (κ1) is 21.7. The molecule has 0 spiro atoms. The van der Waals surface area contributed by atoms with Crippen LogP contribution < -0.4 is 10.2 Å². The number of fused-ring (bicyclic) bond motifs is 1. The maximum Gasteiger partial charge on any atom is 0.291 e. The van der Waals surface area contributed by atoms with E-state index in [4.69, 9.17) is 4.42 Å². The van der Waals surface area contributed by atoms with Crippen molar-refractivity contribution < 1.29 is 18.4 Å². The van der Waals surface area contributed by atoms with Gasteiger partial charge in [-0.3, -0.25) is 9.59 Å². The second-order valence-electron chi connectivity index (χ2n) is 8.27. The zero-order chi connectivity index (χ0) is 23.5. The highest BCUT2D eigenvalue weighted by molar-refractivity contribution is 6.11. The van der Waals surface area contributed by atoms with Crippen LogP contribution in [-0.2, 0) is 11.2 Å². The number of nitrogens with zero attached hydrogens (tertiary/aromatic N) is 2. The number of carbonyl (C=O) groups excluding carboxylic acids is 2. The number of carbonyl (C=O) groups is 2. The van der Waals surface area contributed by atoms with Gasteiger partial charge in [-0.05, 0) is 42.0 Å². The Bertz CT molecular complexity index is 1310. The molecule has 2 heterocycles. The molecule has 2 amide bonds. The van der Waals surface area contributed by atoms with Gasteiger partial charge in [0.2, 0.25) is 11.7 Å². The summed E-state index contributed by atoms with van der Waals surface area (Å²) in [6.07, 6.45) is 0.0587. The molecule has 1 aliphatic rings. The van der Waals surface area contributed by atoms with E-state index in [0.717, 1.165) is 5.69 Å². The summed E-state index contributed by atoms with van der Waals surface area (Å²) in [4.78, 5) is 30.2. The molecule has 7 heteroatoms. The maximum atomic E-state index is 13.4. The van der Waals surface area contributed by atoms with Crippen molar-refractivity contribution in [3.05, 3.63) is 96.0 Å². The average Bonchev–Trinajstić information content (AvgIpc) is 3.24. The Morgan fingerprint density at radius 2 is 1.53 bits per heavy atom. The number of rotatable bonds is 5. The molecule has 1 aliphatic heterocycles. The van der Waals surface area contributed by atoms with E-state index in [-0.39, 0.29) is 29.8 Å². The highest BCUT2D eigenvalue weighted by Crippen LogP contribution is 2.32. The third kappa shape index (κ3) is 4.50. The maximum absolute atomic E-state index is 13.4. The van der Waals surface area contributed by atoms with Crippen molar-refractivity contribution in [2.75, 3.05) is 36.4 Å². The summed E-state index contributed by atoms with van der Waals surface area (Å²) in [5.41, 5.74) is 2.72. The molecule has 0 atom stereocenters. The number of furan rings is 1. The van der Waals surface area contributed by atoms with Crippen LogP contribution in [-0.4, -0.2) is 42.9 Å². The van der Waals surface area contributed by atoms with Crippen LogP contribution in [0.1, 0.15) is 16.1 Å². The molecule has 0 aliphatic carbocycles. The van der Waals surface area contributed by atoms with Crippen molar-refractivity contribution in [3.8, 4) is 0 Å². The van der Waals surface area contributed by atoms with Crippen molar-refractivity contribution >= 4 is 34.2 Å². The minimum atomic E-state index is -0.356. The molecule has 3 aromatic carbocycles. The van der Waals surface area contributed by atoms with Crippen LogP contribution in [0.25, 0.3) is 11.0 Å². The number of piperazine rings is 1. The molecular weight excluding hydrogens is 433 g/mol. The second kappa shape index (κ2) is 9.39. The Morgan fingerprint density at radius 3 is 2.26 bits per heavy atom. The SMILES string of the molecule is O=C(Cc1ccc(F)cc1)Nc1c(C(=O)N2CCN(c3ccccc3)CC2)oc2ccccc12. The monoisotopic (exact) mass is 457 g/mol. The van der Waals surface area contributed by atoms with Crippen LogP contribution in [0.5, 0.6) is 0 Å². The van der Waals surface area contributed by atoms with Crippen LogP contribution in [0.2, 0.25) is 0 Å². The van der Waals surface area contributed by atoms with Crippen molar-refractivity contribution in [1.82, 2.24) is 4.90 Å². The lowest BCUT2D eigenvalue weighted by atomic mass is 10.1. The van der Waals surface area contributed by atoms with Crippen LogP contribution >= 0.6 is 0 Å². The van der Waals surface area contributed by atoms with E-state index in [2.05, 4.69) is 22.3 Å². The minimum Gasteiger partial charge on any atom is -0.449 e. The van der Waals surface area contributed by atoms with E-state index in [1.807, 2.05) is 36.4 Å². The number of nitrogens with one attached hydrogen (secondary N) is 1. The Morgan fingerprint density at radius 1 is 0.853 bits per heavy atom. The van der Waals surface area contributed by atoms with E-state index in [0.29, 0.717) is 48.4 Å². The Labute approximate surface area is 196 Å². The molecule has 4 aromatic rings. The van der Waals surface area contributed by atoms with E-state index in [1.54, 1.807) is 23.1 Å². The summed E-state index contributed by atoms with van der Waals surface area (Å²) in [7, 11) is 0. The fraction of sp³-hybridized carbons (Fsp3) is 0.185. The zero-order valence-corrected chi connectivity index (χ0v) is 18.5. The lowest BCUT2D eigenvalue weighted by molar-refractivity contribution is -0.115. The number of amides is 2. The summed E-state index contributed by atoms with van der Waals surface area (Å²) in [6, 6.07) is 23.1. The van der Waals surface area contributed by atoms with Gasteiger partial charge in [0, 0.05) is 37.3 Å². The average molecular weight is 458 g/mol. The molecule has 0 unspecified atom stereocenters. The van der Waals surface area contributed by atoms with Gasteiger partial charge in [0.25, 0.3) is 5.91 Å². The normalized spacial score (nSPS) is 13.8. The Balaban J connectivity index is 1.35. The van der Waals surface area contributed by atoms with Crippen molar-refractivity contribution in [2.24, 2.45) is 0 Å². The third-order valence-corrected chi connectivity index (χ3v) is 6.02. The number of hydrogen-bond donors (Lipinski definition) is 1. The third-order valence-electron chi connectivity index (χ3n) is 6.02. The Kier molecular flexibility index (Phi) is 5.99. The molecule has 0 bridgehead atoms. The topological polar surface area (TPSA) is 65.8 Å². The fourth-order valence-corrected chi connectivity index (χ4v) is 4.24. The first-order chi connectivity index (χ1) is 16.6. The number of hydrogen-bond acceptors (Lipinski definition) is 4. The van der Waals surface area contributed by atoms with E-state index < -0.39 is 0 Å². The molecule has 0 saturated carbocycles. The minimum absolute atomic E-state index is 0.0587. The number of anilines is 2. The molecular formula is C27H24FN3O3. The largest absolute Gasteiger partial charge is 0.449 e. The van der Waals surface area contributed by atoms with Gasteiger partial charge in [0.15, 0.2) is 0 Å². The fourth-order valence-electron chi connectivity index (χ4n) is 4.24. The molecule has 1 N–H and O–H groups in total. The van der Waals surface area contributed by atoms with Crippen molar-refractivity contribution in [3.63, 3.8) is 0 Å². The van der Waals surface area contributed by atoms with Crippen molar-refractivity contribution in [1.29, 1.82) is 0 Å². The lowest BCUT2D eigenvalue weighted by Gasteiger charge is -2.35. The predicted octanol–water partition coefficient (Wildman–Crippen LogP) is 4.72. The van der Waals surface area contributed by atoms with Crippen molar-refractivity contribution in [2.45, 2.75) is 6.42 Å². The first-order valence-corrected chi connectivity index (χ1v) is 11.2. The van der Waals surface area contributed by atoms with Gasteiger partial charge in [0.05, 0.1) is 6.42 Å². The van der Waals surface area contributed by atoms with Gasteiger partial charge < -0.3 is 19.5 Å². The van der Waals surface area contributed by atoms with Gasteiger partial charge >= 0.3 is 0 Å². The molecule has 1 saturated heterocycles. The zero-order valence-electron chi connectivity index (χ0n) is 18.5. The molecule has 34 heavy (non-hydrogen) atoms. The first-order valence-electron chi connectivity index (χ1n) is 11.2. The number of benzene rings is 3. The standard InChI is InChI=1S/C27H24FN3O3/c28-20-12-10-19(11-13-20)18-24(32)29-25-22-8-4-5-9-23(22)34-26(25)27(33)31-16-14-30(15-17-31)21-6-2-1-3-7-21/h1-13H,14-18H2,(H,29,32). The quantitative estimate of drug-likeness (QED) is 0.471. The summed E-state index contributed by atoms with van der Waals surface area (Å²) < 4.78 is 19.1.